The molecule has 78 valence electrons. The van der Waals surface area contributed by atoms with E-state index in [1.54, 1.807) is 18.2 Å². The highest BCUT2D eigenvalue weighted by atomic mass is 35.5. The zero-order valence-electron chi connectivity index (χ0n) is 7.58. The molecule has 0 aliphatic rings. The molecule has 0 unspecified atom stereocenters. The Labute approximate surface area is 96.0 Å². The van der Waals surface area contributed by atoms with Gasteiger partial charge in [-0.3, -0.25) is 0 Å². The summed E-state index contributed by atoms with van der Waals surface area (Å²) in [7, 11) is 0. The number of nitrogens with zero attached hydrogens (tertiary/aromatic N) is 2. The zero-order valence-corrected chi connectivity index (χ0v) is 9.09. The van der Waals surface area contributed by atoms with Crippen LogP contribution >= 0.6 is 23.2 Å². The Morgan fingerprint density at radius 2 is 1.93 bits per heavy atom. The normalized spacial score (nSPS) is 10.5. The molecule has 6 heteroatoms. The fraction of sp³-hybridized carbons (Fsp3) is 0.111. The summed E-state index contributed by atoms with van der Waals surface area (Å²) < 4.78 is 4.65. The van der Waals surface area contributed by atoms with Crippen molar-refractivity contribution in [1.29, 1.82) is 0 Å². The summed E-state index contributed by atoms with van der Waals surface area (Å²) in [5.74, 6) is 0.461. The molecule has 2 aromatic rings. The van der Waals surface area contributed by atoms with Crippen molar-refractivity contribution in [2.75, 3.05) is 5.73 Å². The summed E-state index contributed by atoms with van der Waals surface area (Å²) in [5, 5.41) is 4.81. The molecule has 2 N–H and O–H groups in total. The third kappa shape index (κ3) is 2.22. The molecule has 0 saturated heterocycles. The van der Waals surface area contributed by atoms with Crippen molar-refractivity contribution in [2.24, 2.45) is 0 Å². The Morgan fingerprint density at radius 1 is 1.27 bits per heavy atom. The van der Waals surface area contributed by atoms with E-state index in [0.717, 1.165) is 5.56 Å². The Bertz CT molecular complexity index is 464. The number of nitrogens with two attached hydrogens (primary N) is 1. The second-order valence-electron chi connectivity index (χ2n) is 2.93. The van der Waals surface area contributed by atoms with Crippen molar-refractivity contribution >= 4 is 29.2 Å². The predicted octanol–water partition coefficient (Wildman–Crippen LogP) is 2.55. The lowest BCUT2D eigenvalue weighted by Crippen LogP contribution is -1.93. The summed E-state index contributed by atoms with van der Waals surface area (Å²) in [6, 6.07) is 5.32. The van der Waals surface area contributed by atoms with Gasteiger partial charge in [0.25, 0.3) is 0 Å². The molecule has 2 rings (SSSR count). The van der Waals surface area contributed by atoms with E-state index >= 15 is 0 Å². The third-order valence-corrected chi connectivity index (χ3v) is 2.59. The van der Waals surface area contributed by atoms with Crippen molar-refractivity contribution in [3.8, 4) is 0 Å². The van der Waals surface area contributed by atoms with Crippen LogP contribution in [-0.2, 0) is 6.42 Å². The zero-order chi connectivity index (χ0) is 10.8. The first kappa shape index (κ1) is 10.3. The van der Waals surface area contributed by atoms with Gasteiger partial charge in [-0.05, 0) is 17.7 Å². The maximum Gasteiger partial charge on any atom is 0.318 e. The van der Waals surface area contributed by atoms with Gasteiger partial charge < -0.3 is 10.3 Å². The fourth-order valence-electron chi connectivity index (χ4n) is 1.20. The summed E-state index contributed by atoms with van der Waals surface area (Å²) in [6.45, 7) is 0. The van der Waals surface area contributed by atoms with Gasteiger partial charge in [0.05, 0.1) is 0 Å². The van der Waals surface area contributed by atoms with E-state index in [-0.39, 0.29) is 6.01 Å². The van der Waals surface area contributed by atoms with Crippen molar-refractivity contribution in [3.63, 3.8) is 0 Å². The predicted molar refractivity (Wildman–Crippen MR) is 58.0 cm³/mol. The number of hydrogen-bond donors (Lipinski definition) is 1. The standard InChI is InChI=1S/C9H7Cl2N3O/c10-6-2-1-3-7(11)5(6)4-8-13-9(12)15-14-8/h1-3H,4H2,(H2,12,13,14). The van der Waals surface area contributed by atoms with Crippen molar-refractivity contribution in [2.45, 2.75) is 6.42 Å². The van der Waals surface area contributed by atoms with Gasteiger partial charge in [0.15, 0.2) is 5.82 Å². The molecule has 0 saturated carbocycles. The highest BCUT2D eigenvalue weighted by Gasteiger charge is 2.10. The van der Waals surface area contributed by atoms with Crippen LogP contribution in [0.5, 0.6) is 0 Å². The molecule has 0 bridgehead atoms. The van der Waals surface area contributed by atoms with Crippen LogP contribution < -0.4 is 5.73 Å². The molecule has 4 nitrogen and oxygen atoms in total. The van der Waals surface area contributed by atoms with Gasteiger partial charge in [0, 0.05) is 16.5 Å². The van der Waals surface area contributed by atoms with Crippen LogP contribution in [0.15, 0.2) is 22.7 Å². The quantitative estimate of drug-likeness (QED) is 0.881. The number of benzene rings is 1. The van der Waals surface area contributed by atoms with E-state index in [4.69, 9.17) is 28.9 Å². The maximum absolute atomic E-state index is 5.98. The van der Waals surface area contributed by atoms with Gasteiger partial charge in [0.2, 0.25) is 0 Å². The second-order valence-corrected chi connectivity index (χ2v) is 3.74. The first-order valence-electron chi connectivity index (χ1n) is 4.18. The molecule has 0 atom stereocenters. The van der Waals surface area contributed by atoms with E-state index in [9.17, 15) is 0 Å². The first-order chi connectivity index (χ1) is 7.16. The van der Waals surface area contributed by atoms with E-state index in [0.29, 0.717) is 22.3 Å². The van der Waals surface area contributed by atoms with Crippen LogP contribution in [0.3, 0.4) is 0 Å². The van der Waals surface area contributed by atoms with Gasteiger partial charge in [-0.2, -0.15) is 4.98 Å². The fourth-order valence-corrected chi connectivity index (χ4v) is 1.73. The van der Waals surface area contributed by atoms with Crippen LogP contribution in [0.2, 0.25) is 10.0 Å². The monoisotopic (exact) mass is 243 g/mol. The topological polar surface area (TPSA) is 64.9 Å². The molecule has 0 amide bonds. The van der Waals surface area contributed by atoms with Crippen LogP contribution in [0.4, 0.5) is 6.01 Å². The number of anilines is 1. The second kappa shape index (κ2) is 4.08. The molecule has 1 heterocycles. The van der Waals surface area contributed by atoms with Crippen LogP contribution in [0.25, 0.3) is 0 Å². The first-order valence-corrected chi connectivity index (χ1v) is 4.93. The molecule has 0 radical (unpaired) electrons. The highest BCUT2D eigenvalue weighted by Crippen LogP contribution is 2.26. The van der Waals surface area contributed by atoms with Gasteiger partial charge in [0.1, 0.15) is 0 Å². The number of nitrogen functional groups attached to an aromatic ring is 1. The molecule has 1 aromatic heterocycles. The largest absolute Gasteiger partial charge is 0.351 e. The molecule has 0 spiro atoms. The maximum atomic E-state index is 5.98. The van der Waals surface area contributed by atoms with Crippen LogP contribution in [0, 0.1) is 0 Å². The lowest BCUT2D eigenvalue weighted by molar-refractivity contribution is 0.428. The van der Waals surface area contributed by atoms with Crippen LogP contribution in [-0.4, -0.2) is 10.1 Å². The minimum absolute atomic E-state index is 0.0353. The number of halogens is 2. The van der Waals surface area contributed by atoms with Crippen molar-refractivity contribution in [1.82, 2.24) is 10.1 Å². The van der Waals surface area contributed by atoms with Crippen molar-refractivity contribution < 1.29 is 4.52 Å². The highest BCUT2D eigenvalue weighted by molar-refractivity contribution is 6.36. The minimum atomic E-state index is 0.0353. The van der Waals surface area contributed by atoms with E-state index in [1.165, 1.54) is 0 Å². The van der Waals surface area contributed by atoms with Gasteiger partial charge in [-0.25, -0.2) is 0 Å². The Balaban J connectivity index is 2.31. The lowest BCUT2D eigenvalue weighted by Gasteiger charge is -2.02. The molecule has 0 aliphatic heterocycles. The summed E-state index contributed by atoms with van der Waals surface area (Å²) in [6.07, 6.45) is 0.402. The number of aromatic nitrogens is 2. The number of rotatable bonds is 2. The Morgan fingerprint density at radius 3 is 2.47 bits per heavy atom. The lowest BCUT2D eigenvalue weighted by atomic mass is 10.1. The van der Waals surface area contributed by atoms with Crippen molar-refractivity contribution in [3.05, 3.63) is 39.6 Å². The summed E-state index contributed by atoms with van der Waals surface area (Å²) in [4.78, 5) is 3.87. The van der Waals surface area contributed by atoms with E-state index < -0.39 is 0 Å². The smallest absolute Gasteiger partial charge is 0.318 e. The SMILES string of the molecule is Nc1nc(Cc2c(Cl)cccc2Cl)no1. The van der Waals surface area contributed by atoms with Gasteiger partial charge in [-0.1, -0.05) is 34.4 Å². The third-order valence-electron chi connectivity index (χ3n) is 1.88. The number of hydrogen-bond acceptors (Lipinski definition) is 4. The molecule has 0 aliphatic carbocycles. The minimum Gasteiger partial charge on any atom is -0.351 e. The average molecular weight is 244 g/mol. The van der Waals surface area contributed by atoms with E-state index in [1.807, 2.05) is 0 Å². The van der Waals surface area contributed by atoms with Crippen LogP contribution in [0.1, 0.15) is 11.4 Å². The molecule has 1 aromatic carbocycles. The average Bonchev–Trinajstić information content (AvgIpc) is 2.58. The van der Waals surface area contributed by atoms with Gasteiger partial charge in [-0.15, -0.1) is 0 Å². The molecular formula is C9H7Cl2N3O. The molecular weight excluding hydrogens is 237 g/mol. The molecule has 15 heavy (non-hydrogen) atoms. The Kier molecular flexibility index (Phi) is 2.79. The summed E-state index contributed by atoms with van der Waals surface area (Å²) in [5.41, 5.74) is 6.07. The van der Waals surface area contributed by atoms with Gasteiger partial charge >= 0.3 is 6.01 Å². The Hall–Kier alpha value is -1.26. The molecule has 0 fully saturated rings. The van der Waals surface area contributed by atoms with E-state index in [2.05, 4.69) is 14.7 Å². The summed E-state index contributed by atoms with van der Waals surface area (Å²) >= 11 is 12.0.